The summed E-state index contributed by atoms with van der Waals surface area (Å²) in [5.74, 6) is 1.04. The second-order valence-corrected chi connectivity index (χ2v) is 5.38. The van der Waals surface area contributed by atoms with Gasteiger partial charge in [0.1, 0.15) is 5.60 Å². The predicted molar refractivity (Wildman–Crippen MR) is 60.6 cm³/mol. The van der Waals surface area contributed by atoms with Crippen molar-refractivity contribution in [2.24, 2.45) is 11.8 Å². The third kappa shape index (κ3) is 4.20. The Morgan fingerprint density at radius 1 is 1.33 bits per heavy atom. The largest absolute Gasteiger partial charge is 0.460 e. The molecule has 3 nitrogen and oxygen atoms in total. The molecule has 88 valence electrons. The Balaban J connectivity index is 2.37. The smallest absolute Gasteiger partial charge is 0.306 e. The molecule has 1 N–H and O–H groups in total. The van der Waals surface area contributed by atoms with E-state index >= 15 is 0 Å². The van der Waals surface area contributed by atoms with E-state index in [9.17, 15) is 4.79 Å². The van der Waals surface area contributed by atoms with Gasteiger partial charge in [-0.1, -0.05) is 13.3 Å². The molecule has 2 unspecified atom stereocenters. The van der Waals surface area contributed by atoms with Gasteiger partial charge in [0.25, 0.3) is 0 Å². The highest BCUT2D eigenvalue weighted by Gasteiger charge is 2.29. The first-order valence-electron chi connectivity index (χ1n) is 5.85. The second kappa shape index (κ2) is 4.97. The van der Waals surface area contributed by atoms with Gasteiger partial charge in [0, 0.05) is 6.42 Å². The van der Waals surface area contributed by atoms with E-state index in [1.807, 2.05) is 20.8 Å². The molecule has 1 saturated heterocycles. The summed E-state index contributed by atoms with van der Waals surface area (Å²) in [6.07, 6.45) is 1.70. The van der Waals surface area contributed by atoms with Crippen LogP contribution in [0.3, 0.4) is 0 Å². The number of rotatable bonds is 3. The Hall–Kier alpha value is -0.570. The molecule has 0 amide bonds. The van der Waals surface area contributed by atoms with Crippen molar-refractivity contribution in [1.82, 2.24) is 5.32 Å². The maximum absolute atomic E-state index is 11.6. The maximum Gasteiger partial charge on any atom is 0.306 e. The lowest BCUT2D eigenvalue weighted by Crippen LogP contribution is -2.26. The van der Waals surface area contributed by atoms with E-state index in [1.54, 1.807) is 0 Å². The van der Waals surface area contributed by atoms with Crippen LogP contribution in [0, 0.1) is 11.8 Å². The lowest BCUT2D eigenvalue weighted by Gasteiger charge is -2.22. The number of hydrogen-bond acceptors (Lipinski definition) is 3. The van der Waals surface area contributed by atoms with E-state index in [2.05, 4.69) is 12.2 Å². The molecular formula is C12H23NO2. The SMILES string of the molecule is CCC1CNCC1CC(=O)OC(C)(C)C. The molecule has 0 spiro atoms. The summed E-state index contributed by atoms with van der Waals surface area (Å²) in [6.45, 7) is 9.92. The molecule has 1 heterocycles. The Kier molecular flexibility index (Phi) is 4.14. The summed E-state index contributed by atoms with van der Waals surface area (Å²) in [4.78, 5) is 11.6. The fourth-order valence-corrected chi connectivity index (χ4v) is 2.10. The number of carbonyl (C=O) groups excluding carboxylic acids is 1. The van der Waals surface area contributed by atoms with Crippen LogP contribution in [-0.4, -0.2) is 24.7 Å². The summed E-state index contributed by atoms with van der Waals surface area (Å²) >= 11 is 0. The monoisotopic (exact) mass is 213 g/mol. The molecular weight excluding hydrogens is 190 g/mol. The summed E-state index contributed by atoms with van der Waals surface area (Å²) in [7, 11) is 0. The number of carbonyl (C=O) groups is 1. The molecule has 0 aliphatic carbocycles. The first kappa shape index (κ1) is 12.5. The Bertz CT molecular complexity index is 220. The summed E-state index contributed by atoms with van der Waals surface area (Å²) < 4.78 is 5.33. The summed E-state index contributed by atoms with van der Waals surface area (Å²) in [6, 6.07) is 0. The molecule has 0 bridgehead atoms. The zero-order valence-corrected chi connectivity index (χ0v) is 10.3. The van der Waals surface area contributed by atoms with Gasteiger partial charge >= 0.3 is 5.97 Å². The average molecular weight is 213 g/mol. The molecule has 0 saturated carbocycles. The molecule has 2 atom stereocenters. The van der Waals surface area contributed by atoms with Gasteiger partial charge in [0.05, 0.1) is 0 Å². The highest BCUT2D eigenvalue weighted by Crippen LogP contribution is 2.24. The maximum atomic E-state index is 11.6. The van der Waals surface area contributed by atoms with Gasteiger partial charge in [-0.25, -0.2) is 0 Å². The normalized spacial score (nSPS) is 26.7. The minimum Gasteiger partial charge on any atom is -0.460 e. The molecule has 0 radical (unpaired) electrons. The van der Waals surface area contributed by atoms with Crippen LogP contribution in [0.4, 0.5) is 0 Å². The van der Waals surface area contributed by atoms with Crippen LogP contribution in [0.2, 0.25) is 0 Å². The topological polar surface area (TPSA) is 38.3 Å². The van der Waals surface area contributed by atoms with E-state index in [-0.39, 0.29) is 11.6 Å². The van der Waals surface area contributed by atoms with Crippen LogP contribution in [0.15, 0.2) is 0 Å². The van der Waals surface area contributed by atoms with Gasteiger partial charge in [-0.2, -0.15) is 0 Å². The van der Waals surface area contributed by atoms with Crippen molar-refractivity contribution in [3.05, 3.63) is 0 Å². The third-order valence-electron chi connectivity index (χ3n) is 2.85. The summed E-state index contributed by atoms with van der Waals surface area (Å²) in [5.41, 5.74) is -0.356. The highest BCUT2D eigenvalue weighted by molar-refractivity contribution is 5.70. The van der Waals surface area contributed by atoms with E-state index in [0.717, 1.165) is 19.5 Å². The number of ether oxygens (including phenoxy) is 1. The molecule has 1 rings (SSSR count). The van der Waals surface area contributed by atoms with Gasteiger partial charge in [0.15, 0.2) is 0 Å². The number of nitrogens with one attached hydrogen (secondary N) is 1. The van der Waals surface area contributed by atoms with Gasteiger partial charge in [0.2, 0.25) is 0 Å². The number of esters is 1. The fourth-order valence-electron chi connectivity index (χ4n) is 2.10. The standard InChI is InChI=1S/C12H23NO2/c1-5-9-7-13-8-10(9)6-11(14)15-12(2,3)4/h9-10,13H,5-8H2,1-4H3. The Morgan fingerprint density at radius 2 is 1.93 bits per heavy atom. The van der Waals surface area contributed by atoms with Gasteiger partial charge in [-0.15, -0.1) is 0 Å². The molecule has 15 heavy (non-hydrogen) atoms. The molecule has 0 aromatic heterocycles. The van der Waals surface area contributed by atoms with E-state index < -0.39 is 0 Å². The van der Waals surface area contributed by atoms with Crippen LogP contribution < -0.4 is 5.32 Å². The van der Waals surface area contributed by atoms with Crippen LogP contribution >= 0.6 is 0 Å². The Labute approximate surface area is 92.6 Å². The molecule has 1 aliphatic heterocycles. The second-order valence-electron chi connectivity index (χ2n) is 5.38. The minimum atomic E-state index is -0.356. The van der Waals surface area contributed by atoms with Crippen molar-refractivity contribution in [2.45, 2.75) is 46.1 Å². The third-order valence-corrected chi connectivity index (χ3v) is 2.85. The van der Waals surface area contributed by atoms with Crippen LogP contribution in [0.25, 0.3) is 0 Å². The minimum absolute atomic E-state index is 0.0605. The van der Waals surface area contributed by atoms with Crippen molar-refractivity contribution >= 4 is 5.97 Å². The lowest BCUT2D eigenvalue weighted by atomic mass is 9.91. The average Bonchev–Trinajstić information content (AvgIpc) is 2.48. The van der Waals surface area contributed by atoms with E-state index in [1.165, 1.54) is 0 Å². The lowest BCUT2D eigenvalue weighted by molar-refractivity contribution is -0.156. The Morgan fingerprint density at radius 3 is 2.47 bits per heavy atom. The van der Waals surface area contributed by atoms with Crippen molar-refractivity contribution in [2.75, 3.05) is 13.1 Å². The fraction of sp³-hybridized carbons (Fsp3) is 0.917. The summed E-state index contributed by atoms with van der Waals surface area (Å²) in [5, 5.41) is 3.33. The van der Waals surface area contributed by atoms with E-state index in [4.69, 9.17) is 4.74 Å². The van der Waals surface area contributed by atoms with Crippen LogP contribution in [-0.2, 0) is 9.53 Å². The first-order chi connectivity index (χ1) is 6.92. The van der Waals surface area contributed by atoms with Crippen molar-refractivity contribution in [1.29, 1.82) is 0 Å². The van der Waals surface area contributed by atoms with Crippen molar-refractivity contribution in [3.8, 4) is 0 Å². The van der Waals surface area contributed by atoms with Crippen LogP contribution in [0.1, 0.15) is 40.5 Å². The predicted octanol–water partition coefficient (Wildman–Crippen LogP) is 1.96. The zero-order valence-electron chi connectivity index (χ0n) is 10.3. The van der Waals surface area contributed by atoms with E-state index in [0.29, 0.717) is 18.3 Å². The van der Waals surface area contributed by atoms with Gasteiger partial charge < -0.3 is 10.1 Å². The molecule has 0 aromatic rings. The number of hydrogen-bond donors (Lipinski definition) is 1. The quantitative estimate of drug-likeness (QED) is 0.728. The van der Waals surface area contributed by atoms with Gasteiger partial charge in [-0.05, 0) is 45.7 Å². The van der Waals surface area contributed by atoms with Crippen LogP contribution in [0.5, 0.6) is 0 Å². The highest BCUT2D eigenvalue weighted by atomic mass is 16.6. The van der Waals surface area contributed by atoms with Crippen molar-refractivity contribution in [3.63, 3.8) is 0 Å². The van der Waals surface area contributed by atoms with Crippen molar-refractivity contribution < 1.29 is 9.53 Å². The molecule has 0 aromatic carbocycles. The molecule has 1 aliphatic rings. The first-order valence-corrected chi connectivity index (χ1v) is 5.85. The molecule has 1 fully saturated rings. The molecule has 3 heteroatoms. The zero-order chi connectivity index (χ0) is 11.5. The van der Waals surface area contributed by atoms with Gasteiger partial charge in [-0.3, -0.25) is 4.79 Å².